The number of aliphatic imine (C=N–C) groups is 1. The summed E-state index contributed by atoms with van der Waals surface area (Å²) in [7, 11) is 0. The van der Waals surface area contributed by atoms with E-state index in [2.05, 4.69) is 4.99 Å². The number of carboxylic acids is 1. The molecule has 1 fully saturated rings. The predicted octanol–water partition coefficient (Wildman–Crippen LogP) is 4.66. The zero-order valence-corrected chi connectivity index (χ0v) is 16.4. The number of rotatable bonds is 3. The van der Waals surface area contributed by atoms with Crippen LogP contribution in [0.2, 0.25) is 0 Å². The van der Waals surface area contributed by atoms with Gasteiger partial charge in [-0.15, -0.1) is 0 Å². The molecule has 6 heteroatoms. The van der Waals surface area contributed by atoms with E-state index in [0.717, 1.165) is 45.8 Å². The number of hydrogen-bond donors (Lipinski definition) is 1. The summed E-state index contributed by atoms with van der Waals surface area (Å²) in [6.07, 6.45) is 0.934. The third-order valence-corrected chi connectivity index (χ3v) is 5.49. The molecule has 0 bridgehead atoms. The highest BCUT2D eigenvalue weighted by Crippen LogP contribution is 2.37. The van der Waals surface area contributed by atoms with Gasteiger partial charge >= 0.3 is 5.97 Å². The Balaban J connectivity index is 2.11. The molecular formula is C21H20N2O3S. The van der Waals surface area contributed by atoms with Crippen LogP contribution in [0.1, 0.15) is 22.3 Å². The lowest BCUT2D eigenvalue weighted by atomic mass is 10.1. The van der Waals surface area contributed by atoms with Gasteiger partial charge in [-0.2, -0.15) is 0 Å². The van der Waals surface area contributed by atoms with Crippen molar-refractivity contribution < 1.29 is 14.7 Å². The number of carbonyl (C=O) groups excluding carboxylic acids is 1. The molecule has 0 unspecified atom stereocenters. The summed E-state index contributed by atoms with van der Waals surface area (Å²) >= 11 is 1.07. The van der Waals surface area contributed by atoms with Gasteiger partial charge in [0.2, 0.25) is 0 Å². The first-order chi connectivity index (χ1) is 12.8. The third kappa shape index (κ3) is 3.95. The van der Waals surface area contributed by atoms with E-state index < -0.39 is 5.97 Å². The first kappa shape index (κ1) is 18.9. The second-order valence-corrected chi connectivity index (χ2v) is 7.53. The maximum atomic E-state index is 12.9. The van der Waals surface area contributed by atoms with E-state index in [4.69, 9.17) is 5.11 Å². The average Bonchev–Trinajstić information content (AvgIpc) is 2.88. The quantitative estimate of drug-likeness (QED) is 0.787. The Morgan fingerprint density at radius 1 is 1.00 bits per heavy atom. The zero-order valence-electron chi connectivity index (χ0n) is 15.6. The van der Waals surface area contributed by atoms with Crippen LogP contribution in [0.3, 0.4) is 0 Å². The van der Waals surface area contributed by atoms with E-state index in [-0.39, 0.29) is 10.8 Å². The Labute approximate surface area is 162 Å². The van der Waals surface area contributed by atoms with Crippen molar-refractivity contribution in [3.8, 4) is 0 Å². The summed E-state index contributed by atoms with van der Waals surface area (Å²) in [5.41, 5.74) is 5.82. The van der Waals surface area contributed by atoms with Crippen LogP contribution in [0.15, 0.2) is 52.4 Å². The number of anilines is 1. The molecule has 1 aliphatic rings. The molecule has 1 aliphatic heterocycles. The van der Waals surface area contributed by atoms with E-state index in [1.165, 1.54) is 4.90 Å². The molecule has 2 aromatic carbocycles. The van der Waals surface area contributed by atoms with Crippen molar-refractivity contribution in [2.45, 2.75) is 27.7 Å². The minimum absolute atomic E-state index is 0.142. The molecule has 0 atom stereocenters. The number of carboxylic acid groups (broad SMARTS) is 1. The molecule has 3 rings (SSSR count). The van der Waals surface area contributed by atoms with Crippen molar-refractivity contribution >= 4 is 40.2 Å². The smallest absolute Gasteiger partial charge is 0.329 e. The number of aliphatic carboxylic acids is 1. The van der Waals surface area contributed by atoms with Gasteiger partial charge in [0.1, 0.15) is 0 Å². The van der Waals surface area contributed by atoms with Crippen molar-refractivity contribution in [1.82, 2.24) is 0 Å². The Hall–Kier alpha value is -2.86. The molecule has 1 saturated heterocycles. The van der Waals surface area contributed by atoms with Crippen LogP contribution in [0.5, 0.6) is 0 Å². The minimum Gasteiger partial charge on any atom is -0.478 e. The van der Waals surface area contributed by atoms with Crippen molar-refractivity contribution in [1.29, 1.82) is 0 Å². The molecule has 1 heterocycles. The fraction of sp³-hybridized carbons (Fsp3) is 0.190. The Morgan fingerprint density at radius 2 is 1.63 bits per heavy atom. The van der Waals surface area contributed by atoms with Crippen molar-refractivity contribution in [3.05, 3.63) is 69.6 Å². The zero-order chi connectivity index (χ0) is 19.7. The number of carbonyl (C=O) groups is 2. The van der Waals surface area contributed by atoms with Crippen LogP contribution in [0, 0.1) is 27.7 Å². The fourth-order valence-electron chi connectivity index (χ4n) is 2.66. The Morgan fingerprint density at radius 3 is 2.22 bits per heavy atom. The summed E-state index contributed by atoms with van der Waals surface area (Å²) in [5.74, 6) is -1.54. The lowest BCUT2D eigenvalue weighted by molar-refractivity contribution is -0.131. The maximum Gasteiger partial charge on any atom is 0.329 e. The van der Waals surface area contributed by atoms with Crippen LogP contribution in [-0.2, 0) is 9.59 Å². The highest BCUT2D eigenvalue weighted by atomic mass is 32.2. The van der Waals surface area contributed by atoms with Crippen molar-refractivity contribution in [3.63, 3.8) is 0 Å². The first-order valence-electron chi connectivity index (χ1n) is 8.46. The van der Waals surface area contributed by atoms with Crippen LogP contribution in [-0.4, -0.2) is 22.2 Å². The van der Waals surface area contributed by atoms with Crippen molar-refractivity contribution in [2.24, 2.45) is 4.99 Å². The Kier molecular flexibility index (Phi) is 5.19. The number of amides is 1. The first-order valence-corrected chi connectivity index (χ1v) is 9.28. The lowest BCUT2D eigenvalue weighted by Crippen LogP contribution is -2.29. The van der Waals surface area contributed by atoms with E-state index in [1.807, 2.05) is 64.1 Å². The number of nitrogens with zero attached hydrogens (tertiary/aromatic N) is 2. The monoisotopic (exact) mass is 380 g/mol. The lowest BCUT2D eigenvalue weighted by Gasteiger charge is -2.17. The summed E-state index contributed by atoms with van der Waals surface area (Å²) in [6.45, 7) is 8.00. The molecule has 138 valence electrons. The highest BCUT2D eigenvalue weighted by molar-refractivity contribution is 8.19. The van der Waals surface area contributed by atoms with Gasteiger partial charge in [0, 0.05) is 6.08 Å². The fourth-order valence-corrected chi connectivity index (χ4v) is 3.62. The molecule has 2 aromatic rings. The van der Waals surface area contributed by atoms with Gasteiger partial charge in [0.15, 0.2) is 5.17 Å². The van der Waals surface area contributed by atoms with Crippen LogP contribution >= 0.6 is 11.8 Å². The normalized spacial score (nSPS) is 17.2. The largest absolute Gasteiger partial charge is 0.478 e. The Bertz CT molecular complexity index is 1010. The summed E-state index contributed by atoms with van der Waals surface area (Å²) in [6, 6.07) is 11.5. The van der Waals surface area contributed by atoms with E-state index >= 15 is 0 Å². The number of thioether (sulfide) groups is 1. The summed E-state index contributed by atoms with van der Waals surface area (Å²) < 4.78 is 0. The number of benzene rings is 2. The van der Waals surface area contributed by atoms with Crippen LogP contribution in [0.4, 0.5) is 11.4 Å². The van der Waals surface area contributed by atoms with Crippen LogP contribution < -0.4 is 4.90 Å². The predicted molar refractivity (Wildman–Crippen MR) is 110 cm³/mol. The average molecular weight is 380 g/mol. The highest BCUT2D eigenvalue weighted by Gasteiger charge is 2.35. The molecule has 0 spiro atoms. The topological polar surface area (TPSA) is 70.0 Å². The summed E-state index contributed by atoms with van der Waals surface area (Å²) in [5, 5.41) is 9.52. The van der Waals surface area contributed by atoms with Gasteiger partial charge in [-0.25, -0.2) is 9.79 Å². The molecule has 0 saturated carbocycles. The van der Waals surface area contributed by atoms with Gasteiger partial charge in [0.25, 0.3) is 5.91 Å². The van der Waals surface area contributed by atoms with E-state index in [0.29, 0.717) is 10.9 Å². The molecule has 27 heavy (non-hydrogen) atoms. The molecular weight excluding hydrogens is 360 g/mol. The molecule has 0 aliphatic carbocycles. The van der Waals surface area contributed by atoms with Crippen molar-refractivity contribution in [2.75, 3.05) is 4.90 Å². The third-order valence-electron chi connectivity index (χ3n) is 4.52. The van der Waals surface area contributed by atoms with Gasteiger partial charge in [-0.3, -0.25) is 9.69 Å². The number of amidine groups is 1. The number of hydrogen-bond acceptors (Lipinski definition) is 4. The molecule has 1 amide bonds. The summed E-state index contributed by atoms with van der Waals surface area (Å²) in [4.78, 5) is 30.2. The maximum absolute atomic E-state index is 12.9. The number of aryl methyl sites for hydroxylation is 4. The van der Waals surface area contributed by atoms with Gasteiger partial charge in [-0.05, 0) is 86.0 Å². The molecule has 5 nitrogen and oxygen atoms in total. The molecule has 1 N–H and O–H groups in total. The van der Waals surface area contributed by atoms with E-state index in [1.54, 1.807) is 0 Å². The standard InChI is InChI=1S/C21H20N2O3S/c1-12-5-7-16(9-14(12)3)22-21-23(17-8-6-13(2)15(4)10-17)20(26)18(27-21)11-19(24)25/h5-11H,1-4H3,(H,24,25)/b18-11-,22-21+. The minimum atomic E-state index is -1.15. The second-order valence-electron chi connectivity index (χ2n) is 6.52. The van der Waals surface area contributed by atoms with Crippen LogP contribution in [0.25, 0.3) is 0 Å². The SMILES string of the molecule is Cc1ccc(/N=C2/S/C(=C\C(=O)O)C(=O)N2c2ccc(C)c(C)c2)cc1C. The van der Waals surface area contributed by atoms with Gasteiger partial charge < -0.3 is 5.11 Å². The molecule has 0 aromatic heterocycles. The second kappa shape index (κ2) is 7.40. The van der Waals surface area contributed by atoms with Gasteiger partial charge in [0.05, 0.1) is 16.3 Å². The molecule has 0 radical (unpaired) electrons. The van der Waals surface area contributed by atoms with E-state index in [9.17, 15) is 9.59 Å². The van der Waals surface area contributed by atoms with Gasteiger partial charge in [-0.1, -0.05) is 12.1 Å².